The van der Waals surface area contributed by atoms with Crippen LogP contribution in [0.25, 0.3) is 0 Å². The molecule has 0 saturated carbocycles. The summed E-state index contributed by atoms with van der Waals surface area (Å²) >= 11 is 0. The SMILES string of the molecule is CCCCCCCCCCCCCCCCCCCC(=O)O[C@@H](COC(=O)CCCCCCCCCCCCCC(C)C)COC(=O)CCCCCCCCC(C)CC. The van der Waals surface area contributed by atoms with Gasteiger partial charge in [-0.3, -0.25) is 14.4 Å². The third kappa shape index (κ3) is 45.8. The van der Waals surface area contributed by atoms with Gasteiger partial charge in [0.1, 0.15) is 13.2 Å². The molecule has 0 aromatic heterocycles. The second kappa shape index (κ2) is 45.9. The van der Waals surface area contributed by atoms with E-state index in [1.165, 1.54) is 180 Å². The Kier molecular flexibility index (Phi) is 44.7. The Morgan fingerprint density at radius 3 is 0.966 bits per heavy atom. The van der Waals surface area contributed by atoms with Crippen LogP contribution < -0.4 is 0 Å². The molecule has 0 rings (SSSR count). The van der Waals surface area contributed by atoms with E-state index in [4.69, 9.17) is 14.2 Å². The molecule has 0 aliphatic carbocycles. The second-order valence-corrected chi connectivity index (χ2v) is 18.9. The Morgan fingerprint density at radius 2 is 0.644 bits per heavy atom. The van der Waals surface area contributed by atoms with Crippen LogP contribution in [0.5, 0.6) is 0 Å². The van der Waals surface area contributed by atoms with E-state index in [2.05, 4.69) is 34.6 Å². The van der Waals surface area contributed by atoms with Crippen LogP contribution in [0, 0.1) is 11.8 Å². The molecule has 0 radical (unpaired) electrons. The summed E-state index contributed by atoms with van der Waals surface area (Å²) in [5, 5.41) is 0. The van der Waals surface area contributed by atoms with Gasteiger partial charge < -0.3 is 14.2 Å². The Bertz CT molecular complexity index is 902. The van der Waals surface area contributed by atoms with Crippen molar-refractivity contribution in [2.24, 2.45) is 11.8 Å². The van der Waals surface area contributed by atoms with E-state index in [0.717, 1.165) is 69.6 Å². The molecule has 0 amide bonds. The van der Waals surface area contributed by atoms with Crippen LogP contribution in [-0.2, 0) is 28.6 Å². The van der Waals surface area contributed by atoms with Crippen molar-refractivity contribution >= 4 is 17.9 Å². The van der Waals surface area contributed by atoms with Crippen LogP contribution in [0.15, 0.2) is 0 Å². The van der Waals surface area contributed by atoms with Gasteiger partial charge in [-0.15, -0.1) is 0 Å². The first-order valence-corrected chi connectivity index (χ1v) is 26.3. The average molecular weight is 835 g/mol. The smallest absolute Gasteiger partial charge is 0.306 e. The third-order valence-corrected chi connectivity index (χ3v) is 12.3. The van der Waals surface area contributed by atoms with Gasteiger partial charge in [0, 0.05) is 19.3 Å². The zero-order valence-electron chi connectivity index (χ0n) is 40.4. The number of esters is 3. The summed E-state index contributed by atoms with van der Waals surface area (Å²) in [6.45, 7) is 11.3. The van der Waals surface area contributed by atoms with E-state index in [0.29, 0.717) is 19.3 Å². The number of rotatable bonds is 47. The van der Waals surface area contributed by atoms with Crippen LogP contribution >= 0.6 is 0 Å². The molecule has 0 aliphatic heterocycles. The molecule has 0 aliphatic rings. The lowest BCUT2D eigenvalue weighted by Gasteiger charge is -2.18. The summed E-state index contributed by atoms with van der Waals surface area (Å²) in [5.41, 5.74) is 0. The molecule has 0 bridgehead atoms. The highest BCUT2D eigenvalue weighted by molar-refractivity contribution is 5.71. The predicted octanol–water partition coefficient (Wildman–Crippen LogP) is 16.9. The minimum absolute atomic E-state index is 0.0645. The molecule has 0 fully saturated rings. The van der Waals surface area contributed by atoms with Crippen molar-refractivity contribution < 1.29 is 28.6 Å². The third-order valence-electron chi connectivity index (χ3n) is 12.3. The van der Waals surface area contributed by atoms with Gasteiger partial charge in [-0.2, -0.15) is 0 Å². The van der Waals surface area contributed by atoms with Crippen LogP contribution in [-0.4, -0.2) is 37.2 Å². The van der Waals surface area contributed by atoms with Crippen LogP contribution in [0.3, 0.4) is 0 Å². The van der Waals surface area contributed by atoms with Crippen molar-refractivity contribution in [1.82, 2.24) is 0 Å². The van der Waals surface area contributed by atoms with Gasteiger partial charge in [0.05, 0.1) is 0 Å². The van der Waals surface area contributed by atoms with Gasteiger partial charge in [0.25, 0.3) is 0 Å². The zero-order valence-corrected chi connectivity index (χ0v) is 40.4. The van der Waals surface area contributed by atoms with Crippen molar-refractivity contribution in [2.45, 2.75) is 298 Å². The fourth-order valence-corrected chi connectivity index (χ4v) is 7.96. The van der Waals surface area contributed by atoms with Crippen LogP contribution in [0.2, 0.25) is 0 Å². The maximum Gasteiger partial charge on any atom is 0.306 e. The Balaban J connectivity index is 4.29. The standard InChI is InChI=1S/C53H102O6/c1-6-8-9-10-11-12-13-14-15-16-17-18-21-25-28-35-40-45-53(56)59-50(47-58-52(55)44-39-34-30-29-32-37-42-49(5)7-2)46-57-51(54)43-38-33-27-24-22-19-20-23-26-31-36-41-48(3)4/h48-50H,6-47H2,1-5H3/t49?,50-/m0/s1. The van der Waals surface area contributed by atoms with E-state index in [1.54, 1.807) is 0 Å². The van der Waals surface area contributed by atoms with E-state index in [-0.39, 0.29) is 31.1 Å². The fraction of sp³-hybridized carbons (Fsp3) is 0.943. The summed E-state index contributed by atoms with van der Waals surface area (Å²) < 4.78 is 16.8. The molecule has 0 aromatic rings. The Hall–Kier alpha value is -1.59. The van der Waals surface area contributed by atoms with Crippen molar-refractivity contribution in [3.63, 3.8) is 0 Å². The normalized spacial score (nSPS) is 12.5. The Labute approximate surface area is 368 Å². The summed E-state index contributed by atoms with van der Waals surface area (Å²) in [5.74, 6) is 0.790. The molecule has 0 saturated heterocycles. The zero-order chi connectivity index (χ0) is 43.3. The monoisotopic (exact) mass is 835 g/mol. The number of carbonyl (C=O) groups is 3. The molecule has 0 heterocycles. The van der Waals surface area contributed by atoms with Crippen molar-refractivity contribution in [1.29, 1.82) is 0 Å². The number of carbonyl (C=O) groups excluding carboxylic acids is 3. The van der Waals surface area contributed by atoms with E-state index >= 15 is 0 Å². The first-order chi connectivity index (χ1) is 28.8. The minimum atomic E-state index is -0.762. The minimum Gasteiger partial charge on any atom is -0.462 e. The molecule has 6 heteroatoms. The summed E-state index contributed by atoms with van der Waals surface area (Å²) in [7, 11) is 0. The molecular weight excluding hydrogens is 733 g/mol. The molecule has 1 unspecified atom stereocenters. The number of ether oxygens (including phenoxy) is 3. The lowest BCUT2D eigenvalue weighted by Crippen LogP contribution is -2.30. The van der Waals surface area contributed by atoms with Gasteiger partial charge >= 0.3 is 17.9 Å². The summed E-state index contributed by atoms with van der Waals surface area (Å²) in [6, 6.07) is 0. The molecule has 0 aromatic carbocycles. The van der Waals surface area contributed by atoms with E-state index in [9.17, 15) is 14.4 Å². The molecule has 0 N–H and O–H groups in total. The fourth-order valence-electron chi connectivity index (χ4n) is 7.96. The van der Waals surface area contributed by atoms with Gasteiger partial charge in [0.2, 0.25) is 0 Å². The molecule has 350 valence electrons. The lowest BCUT2D eigenvalue weighted by atomic mass is 10.00. The average Bonchev–Trinajstić information content (AvgIpc) is 3.22. The second-order valence-electron chi connectivity index (χ2n) is 18.9. The predicted molar refractivity (Wildman–Crippen MR) is 252 cm³/mol. The maximum atomic E-state index is 12.8. The van der Waals surface area contributed by atoms with Crippen molar-refractivity contribution in [3.05, 3.63) is 0 Å². The molecule has 6 nitrogen and oxygen atoms in total. The lowest BCUT2D eigenvalue weighted by molar-refractivity contribution is -0.167. The highest BCUT2D eigenvalue weighted by Gasteiger charge is 2.19. The van der Waals surface area contributed by atoms with Gasteiger partial charge in [-0.25, -0.2) is 0 Å². The highest BCUT2D eigenvalue weighted by Crippen LogP contribution is 2.18. The highest BCUT2D eigenvalue weighted by atomic mass is 16.6. The summed E-state index contributed by atoms with van der Waals surface area (Å²) in [6.07, 6.45) is 46.6. The van der Waals surface area contributed by atoms with Crippen molar-refractivity contribution in [3.8, 4) is 0 Å². The van der Waals surface area contributed by atoms with E-state index in [1.807, 2.05) is 0 Å². The molecule has 2 atom stereocenters. The Morgan fingerprint density at radius 1 is 0.356 bits per heavy atom. The quantitative estimate of drug-likeness (QED) is 0.0345. The van der Waals surface area contributed by atoms with Crippen LogP contribution in [0.1, 0.15) is 291 Å². The summed E-state index contributed by atoms with van der Waals surface area (Å²) in [4.78, 5) is 37.9. The first-order valence-electron chi connectivity index (χ1n) is 26.3. The van der Waals surface area contributed by atoms with Gasteiger partial charge in [-0.05, 0) is 31.1 Å². The molecule has 0 spiro atoms. The first kappa shape index (κ1) is 57.4. The molecular formula is C53H102O6. The van der Waals surface area contributed by atoms with Crippen LogP contribution in [0.4, 0.5) is 0 Å². The largest absolute Gasteiger partial charge is 0.462 e. The van der Waals surface area contributed by atoms with Gasteiger partial charge in [-0.1, -0.05) is 253 Å². The maximum absolute atomic E-state index is 12.8. The molecule has 59 heavy (non-hydrogen) atoms. The topological polar surface area (TPSA) is 78.9 Å². The number of unbranched alkanes of at least 4 members (excludes halogenated alkanes) is 31. The van der Waals surface area contributed by atoms with Gasteiger partial charge in [0.15, 0.2) is 6.10 Å². The number of hydrogen-bond donors (Lipinski definition) is 0. The number of hydrogen-bond acceptors (Lipinski definition) is 6. The van der Waals surface area contributed by atoms with E-state index < -0.39 is 6.10 Å². The van der Waals surface area contributed by atoms with Crippen molar-refractivity contribution in [2.75, 3.05) is 13.2 Å².